The predicted octanol–water partition coefficient (Wildman–Crippen LogP) is 1.57. The summed E-state index contributed by atoms with van der Waals surface area (Å²) in [6, 6.07) is 6.06. The van der Waals surface area contributed by atoms with E-state index >= 15 is 0 Å². The van der Waals surface area contributed by atoms with Gasteiger partial charge in [0.2, 0.25) is 5.91 Å². The van der Waals surface area contributed by atoms with Crippen LogP contribution in [-0.2, 0) is 11.3 Å². The quantitative estimate of drug-likeness (QED) is 0.863. The zero-order valence-electron chi connectivity index (χ0n) is 10.1. The Morgan fingerprint density at radius 1 is 1.47 bits per heavy atom. The Hall–Kier alpha value is -1.34. The number of amides is 1. The van der Waals surface area contributed by atoms with Gasteiger partial charge in [-0.15, -0.1) is 11.8 Å². The molecule has 2 rings (SSSR count). The van der Waals surface area contributed by atoms with E-state index in [1.54, 1.807) is 23.9 Å². The van der Waals surface area contributed by atoms with Gasteiger partial charge in [-0.25, -0.2) is 0 Å². The number of hydrogen-bond acceptors (Lipinski definition) is 4. The van der Waals surface area contributed by atoms with Gasteiger partial charge in [0.25, 0.3) is 0 Å². The summed E-state index contributed by atoms with van der Waals surface area (Å²) in [5.74, 6) is 1.63. The van der Waals surface area contributed by atoms with Crippen LogP contribution in [0.25, 0.3) is 0 Å². The van der Waals surface area contributed by atoms with Crippen molar-refractivity contribution in [3.63, 3.8) is 0 Å². The first kappa shape index (κ1) is 14.1. The molecule has 19 heavy (non-hydrogen) atoms. The van der Waals surface area contributed by atoms with Crippen molar-refractivity contribution in [2.24, 2.45) is 0 Å². The Morgan fingerprint density at radius 2 is 2.21 bits per heavy atom. The van der Waals surface area contributed by atoms with Gasteiger partial charge in [-0.1, -0.05) is 12.1 Å². The lowest BCUT2D eigenvalue weighted by molar-refractivity contribution is -0.122. The molecule has 1 saturated heterocycles. The van der Waals surface area contributed by atoms with E-state index in [0.717, 1.165) is 17.2 Å². The molecule has 7 heteroatoms. The fraction of sp³-hybridized carbons (Fsp3) is 0.417. The standard InChI is InChI=1S/C12H14F2N2O2S/c13-12(14)18-9-3-1-8(2-4-9)5-15-11(17)10-6-19-7-16-10/h1-4,10,12,16H,5-7H2,(H,15,17). The molecule has 1 aromatic carbocycles. The van der Waals surface area contributed by atoms with E-state index in [4.69, 9.17) is 0 Å². The van der Waals surface area contributed by atoms with Crippen LogP contribution in [0.2, 0.25) is 0 Å². The highest BCUT2D eigenvalue weighted by Gasteiger charge is 2.21. The van der Waals surface area contributed by atoms with Gasteiger partial charge in [0, 0.05) is 18.2 Å². The molecular formula is C12H14F2N2O2S. The summed E-state index contributed by atoms with van der Waals surface area (Å²) in [6.45, 7) is -2.45. The van der Waals surface area contributed by atoms with Crippen molar-refractivity contribution in [3.05, 3.63) is 29.8 Å². The molecule has 0 aliphatic carbocycles. The molecule has 1 fully saturated rings. The first-order chi connectivity index (χ1) is 9.15. The maximum Gasteiger partial charge on any atom is 0.387 e. The van der Waals surface area contributed by atoms with E-state index in [2.05, 4.69) is 15.4 Å². The van der Waals surface area contributed by atoms with Gasteiger partial charge in [0.15, 0.2) is 0 Å². The van der Waals surface area contributed by atoms with Gasteiger partial charge < -0.3 is 10.1 Å². The Bertz CT molecular complexity index is 422. The van der Waals surface area contributed by atoms with Crippen LogP contribution in [0.15, 0.2) is 24.3 Å². The molecule has 0 aromatic heterocycles. The average molecular weight is 288 g/mol. The van der Waals surface area contributed by atoms with Crippen molar-refractivity contribution in [2.45, 2.75) is 19.2 Å². The highest BCUT2D eigenvalue weighted by molar-refractivity contribution is 7.99. The molecule has 1 heterocycles. The van der Waals surface area contributed by atoms with Gasteiger partial charge >= 0.3 is 6.61 Å². The Labute approximate surface area is 113 Å². The summed E-state index contributed by atoms with van der Waals surface area (Å²) in [5.41, 5.74) is 0.834. The van der Waals surface area contributed by atoms with Crippen molar-refractivity contribution >= 4 is 17.7 Å². The third-order valence-corrected chi connectivity index (χ3v) is 3.59. The number of rotatable bonds is 5. The molecule has 0 spiro atoms. The maximum absolute atomic E-state index is 12.0. The van der Waals surface area contributed by atoms with Crippen molar-refractivity contribution in [1.82, 2.24) is 10.6 Å². The van der Waals surface area contributed by atoms with E-state index < -0.39 is 6.61 Å². The van der Waals surface area contributed by atoms with Crippen LogP contribution >= 0.6 is 11.8 Å². The van der Waals surface area contributed by atoms with Gasteiger partial charge in [-0.3, -0.25) is 10.1 Å². The minimum absolute atomic E-state index is 0.0436. The van der Waals surface area contributed by atoms with Gasteiger partial charge in [-0.2, -0.15) is 8.78 Å². The predicted molar refractivity (Wildman–Crippen MR) is 69.2 cm³/mol. The molecule has 104 valence electrons. The summed E-state index contributed by atoms with van der Waals surface area (Å²) in [5, 5.41) is 5.87. The molecule has 4 nitrogen and oxygen atoms in total. The second-order valence-corrected chi connectivity index (χ2v) is 5.04. The SMILES string of the molecule is O=C(NCc1ccc(OC(F)F)cc1)C1CSCN1. The van der Waals surface area contributed by atoms with Crippen LogP contribution in [0.1, 0.15) is 5.56 Å². The number of carbonyl (C=O) groups excluding carboxylic acids is 1. The summed E-state index contributed by atoms with van der Waals surface area (Å²) < 4.78 is 28.2. The summed E-state index contributed by atoms with van der Waals surface area (Å²) in [7, 11) is 0. The highest BCUT2D eigenvalue weighted by Crippen LogP contribution is 2.15. The van der Waals surface area contributed by atoms with Crippen LogP contribution in [0.5, 0.6) is 5.75 Å². The lowest BCUT2D eigenvalue weighted by Crippen LogP contribution is -2.41. The monoisotopic (exact) mass is 288 g/mol. The molecule has 0 radical (unpaired) electrons. The molecule has 0 saturated carbocycles. The number of hydrogen-bond donors (Lipinski definition) is 2. The molecule has 2 N–H and O–H groups in total. The normalized spacial score (nSPS) is 18.6. The smallest absolute Gasteiger partial charge is 0.387 e. The molecule has 1 aromatic rings. The first-order valence-electron chi connectivity index (χ1n) is 5.78. The number of halogens is 2. The topological polar surface area (TPSA) is 50.4 Å². The molecule has 1 atom stereocenters. The number of nitrogens with one attached hydrogen (secondary N) is 2. The first-order valence-corrected chi connectivity index (χ1v) is 6.93. The van der Waals surface area contributed by atoms with E-state index in [0.29, 0.717) is 6.54 Å². The largest absolute Gasteiger partial charge is 0.435 e. The second kappa shape index (κ2) is 6.72. The number of ether oxygens (including phenoxy) is 1. The molecule has 1 aliphatic rings. The van der Waals surface area contributed by atoms with Crippen LogP contribution < -0.4 is 15.4 Å². The Kier molecular flexibility index (Phi) is 4.98. The lowest BCUT2D eigenvalue weighted by Gasteiger charge is -2.11. The Morgan fingerprint density at radius 3 is 2.79 bits per heavy atom. The highest BCUT2D eigenvalue weighted by atomic mass is 32.2. The zero-order valence-corrected chi connectivity index (χ0v) is 10.9. The summed E-state index contributed by atoms with van der Waals surface area (Å²) in [4.78, 5) is 11.7. The minimum Gasteiger partial charge on any atom is -0.435 e. The second-order valence-electron chi connectivity index (χ2n) is 4.01. The van der Waals surface area contributed by atoms with Crippen molar-refractivity contribution in [2.75, 3.05) is 11.6 Å². The van der Waals surface area contributed by atoms with Gasteiger partial charge in [0.1, 0.15) is 5.75 Å². The molecule has 1 aliphatic heterocycles. The van der Waals surface area contributed by atoms with E-state index in [1.165, 1.54) is 12.1 Å². The number of alkyl halides is 2. The number of carbonyl (C=O) groups is 1. The summed E-state index contributed by atoms with van der Waals surface area (Å²) in [6.07, 6.45) is 0. The van der Waals surface area contributed by atoms with Crippen molar-refractivity contribution < 1.29 is 18.3 Å². The average Bonchev–Trinajstić information content (AvgIpc) is 2.91. The minimum atomic E-state index is -2.82. The van der Waals surface area contributed by atoms with E-state index in [-0.39, 0.29) is 17.7 Å². The lowest BCUT2D eigenvalue weighted by atomic mass is 10.2. The number of thioether (sulfide) groups is 1. The van der Waals surface area contributed by atoms with Crippen LogP contribution in [0.4, 0.5) is 8.78 Å². The van der Waals surface area contributed by atoms with E-state index in [9.17, 15) is 13.6 Å². The van der Waals surface area contributed by atoms with Crippen molar-refractivity contribution in [3.8, 4) is 5.75 Å². The van der Waals surface area contributed by atoms with Gasteiger partial charge in [-0.05, 0) is 17.7 Å². The molecule has 1 unspecified atom stereocenters. The van der Waals surface area contributed by atoms with Gasteiger partial charge in [0.05, 0.1) is 6.04 Å². The fourth-order valence-electron chi connectivity index (χ4n) is 1.66. The third kappa shape index (κ3) is 4.36. The third-order valence-electron chi connectivity index (χ3n) is 2.65. The molecule has 1 amide bonds. The van der Waals surface area contributed by atoms with Crippen LogP contribution in [0, 0.1) is 0 Å². The van der Waals surface area contributed by atoms with E-state index in [1.807, 2.05) is 0 Å². The maximum atomic E-state index is 12.0. The van der Waals surface area contributed by atoms with Crippen molar-refractivity contribution in [1.29, 1.82) is 0 Å². The Balaban J connectivity index is 1.80. The fourth-order valence-corrected chi connectivity index (χ4v) is 2.61. The molecule has 0 bridgehead atoms. The van der Waals surface area contributed by atoms with Crippen LogP contribution in [-0.4, -0.2) is 30.2 Å². The zero-order chi connectivity index (χ0) is 13.7. The summed E-state index contributed by atoms with van der Waals surface area (Å²) >= 11 is 1.68. The van der Waals surface area contributed by atoms with Crippen LogP contribution in [0.3, 0.4) is 0 Å². The molecular weight excluding hydrogens is 274 g/mol. The number of benzene rings is 1.